The summed E-state index contributed by atoms with van der Waals surface area (Å²) in [4.78, 5) is 24.7. The van der Waals surface area contributed by atoms with Gasteiger partial charge in [0.15, 0.2) is 0 Å². The van der Waals surface area contributed by atoms with Gasteiger partial charge >= 0.3 is 5.97 Å². The number of ether oxygens (including phenoxy) is 2. The minimum absolute atomic E-state index is 0.0568. The minimum Gasteiger partial charge on any atom is -0.476 e. The van der Waals surface area contributed by atoms with Crippen molar-refractivity contribution in [2.75, 3.05) is 7.11 Å². The van der Waals surface area contributed by atoms with Crippen molar-refractivity contribution in [1.82, 2.24) is 13.5 Å². The first-order valence-corrected chi connectivity index (χ1v) is 11.8. The number of fused-ring (bicyclic) bond motifs is 1. The first kappa shape index (κ1) is 22.4. The molecule has 1 aromatic heterocycles. The number of carbonyl (C=O) groups excluding carboxylic acids is 2. The Hall–Kier alpha value is -3.83. The van der Waals surface area contributed by atoms with E-state index in [1.165, 1.54) is 43.5 Å². The molecule has 0 aliphatic heterocycles. The van der Waals surface area contributed by atoms with Crippen LogP contribution in [-0.4, -0.2) is 36.2 Å². The van der Waals surface area contributed by atoms with Crippen LogP contribution in [0.2, 0.25) is 0 Å². The van der Waals surface area contributed by atoms with E-state index in [9.17, 15) is 18.0 Å². The molecule has 0 fully saturated rings. The Morgan fingerprint density at radius 2 is 1.64 bits per heavy atom. The molecule has 0 saturated carbocycles. The van der Waals surface area contributed by atoms with Crippen LogP contribution in [0, 0.1) is 0 Å². The molecule has 168 valence electrons. The number of hydrogen-bond donors (Lipinski definition) is 1. The second-order valence-electron chi connectivity index (χ2n) is 6.81. The molecule has 11 heteroatoms. The number of benzene rings is 3. The lowest BCUT2D eigenvalue weighted by Gasteiger charge is -2.19. The molecular formula is C22H17N3O6S2. The summed E-state index contributed by atoms with van der Waals surface area (Å²) in [5, 5.41) is 0. The second kappa shape index (κ2) is 9.35. The molecule has 0 saturated heterocycles. The van der Waals surface area contributed by atoms with Gasteiger partial charge in [-0.15, -0.1) is 0 Å². The van der Waals surface area contributed by atoms with Gasteiger partial charge in [0.05, 0.1) is 29.3 Å². The summed E-state index contributed by atoms with van der Waals surface area (Å²) < 4.78 is 46.3. The molecule has 4 rings (SSSR count). The van der Waals surface area contributed by atoms with Crippen molar-refractivity contribution in [1.29, 1.82) is 0 Å². The molecule has 0 bridgehead atoms. The molecule has 3 aromatic carbocycles. The van der Waals surface area contributed by atoms with Gasteiger partial charge in [-0.3, -0.25) is 4.79 Å². The summed E-state index contributed by atoms with van der Waals surface area (Å²) in [7, 11) is -2.86. The van der Waals surface area contributed by atoms with Crippen molar-refractivity contribution < 1.29 is 27.5 Å². The molecule has 1 N–H and O–H groups in total. The van der Waals surface area contributed by atoms with E-state index in [0.29, 0.717) is 22.2 Å². The van der Waals surface area contributed by atoms with Crippen LogP contribution in [-0.2, 0) is 19.6 Å². The number of nitrogens with zero attached hydrogens (tertiary/aromatic N) is 2. The van der Waals surface area contributed by atoms with Crippen LogP contribution in [0.1, 0.15) is 22.0 Å². The predicted octanol–water partition coefficient (Wildman–Crippen LogP) is 3.10. The van der Waals surface area contributed by atoms with Crippen LogP contribution in [0.25, 0.3) is 11.0 Å². The molecule has 0 spiro atoms. The van der Waals surface area contributed by atoms with E-state index < -0.39 is 28.0 Å². The molecule has 33 heavy (non-hydrogen) atoms. The third kappa shape index (κ3) is 4.99. The number of carbonyl (C=O) groups is 2. The Labute approximate surface area is 193 Å². The summed E-state index contributed by atoms with van der Waals surface area (Å²) >= 11 is 1.02. The van der Waals surface area contributed by atoms with Gasteiger partial charge < -0.3 is 9.47 Å². The monoisotopic (exact) mass is 483 g/mol. The Bertz CT molecular complexity index is 1400. The average Bonchev–Trinajstić information content (AvgIpc) is 3.30. The Morgan fingerprint density at radius 1 is 0.939 bits per heavy atom. The zero-order chi connectivity index (χ0) is 23.4. The molecule has 1 atom stereocenters. The van der Waals surface area contributed by atoms with Crippen LogP contribution in [0.3, 0.4) is 0 Å². The van der Waals surface area contributed by atoms with E-state index >= 15 is 0 Å². The highest BCUT2D eigenvalue weighted by molar-refractivity contribution is 7.90. The summed E-state index contributed by atoms with van der Waals surface area (Å²) in [5.74, 6) is -1.17. The van der Waals surface area contributed by atoms with Gasteiger partial charge in [0, 0.05) is 5.56 Å². The van der Waals surface area contributed by atoms with E-state index in [1.807, 2.05) is 0 Å². The predicted molar refractivity (Wildman–Crippen MR) is 120 cm³/mol. The van der Waals surface area contributed by atoms with Crippen LogP contribution < -0.4 is 9.46 Å². The molecule has 0 aliphatic carbocycles. The lowest BCUT2D eigenvalue weighted by Crippen LogP contribution is -2.36. The van der Waals surface area contributed by atoms with Gasteiger partial charge in [-0.2, -0.15) is 8.75 Å². The number of nitrogens with one attached hydrogen (secondary N) is 1. The van der Waals surface area contributed by atoms with Crippen LogP contribution >= 0.6 is 11.7 Å². The van der Waals surface area contributed by atoms with Crippen LogP contribution in [0.4, 0.5) is 0 Å². The van der Waals surface area contributed by atoms with E-state index in [0.717, 1.165) is 11.7 Å². The van der Waals surface area contributed by atoms with Crippen molar-refractivity contribution in [3.8, 4) is 5.75 Å². The molecular weight excluding hydrogens is 466 g/mol. The van der Waals surface area contributed by atoms with Crippen LogP contribution in [0.5, 0.6) is 5.75 Å². The summed E-state index contributed by atoms with van der Waals surface area (Å²) in [5.41, 5.74) is 1.87. The molecule has 4 aromatic rings. The third-order valence-corrected chi connectivity index (χ3v) is 6.56. The van der Waals surface area contributed by atoms with Gasteiger partial charge in [0.2, 0.25) is 6.10 Å². The number of sulfonamides is 1. The highest BCUT2D eigenvalue weighted by atomic mass is 32.2. The van der Waals surface area contributed by atoms with Crippen molar-refractivity contribution in [2.45, 2.75) is 11.0 Å². The smallest absolute Gasteiger partial charge is 0.337 e. The first-order chi connectivity index (χ1) is 15.9. The fraction of sp³-hybridized carbons (Fsp3) is 0.0909. The number of methoxy groups -OCH3 is 1. The summed E-state index contributed by atoms with van der Waals surface area (Å²) in [6, 6.07) is 18.4. The maximum atomic E-state index is 13.1. The Morgan fingerprint density at radius 3 is 2.33 bits per heavy atom. The number of amides is 1. The summed E-state index contributed by atoms with van der Waals surface area (Å²) in [6.45, 7) is 0. The summed E-state index contributed by atoms with van der Waals surface area (Å²) in [6.07, 6.45) is -1.32. The number of hydrogen-bond acceptors (Lipinski definition) is 9. The Balaban J connectivity index is 1.66. The maximum absolute atomic E-state index is 13.1. The molecule has 1 heterocycles. The van der Waals surface area contributed by atoms with Gasteiger partial charge in [-0.1, -0.05) is 24.3 Å². The van der Waals surface area contributed by atoms with Crippen molar-refractivity contribution in [3.05, 3.63) is 83.9 Å². The highest BCUT2D eigenvalue weighted by Gasteiger charge is 2.28. The van der Waals surface area contributed by atoms with E-state index in [-0.39, 0.29) is 10.6 Å². The normalized spacial score (nSPS) is 12.2. The van der Waals surface area contributed by atoms with Gasteiger partial charge in [0.25, 0.3) is 15.9 Å². The molecule has 0 aliphatic rings. The largest absolute Gasteiger partial charge is 0.476 e. The molecule has 1 amide bonds. The van der Waals surface area contributed by atoms with Crippen molar-refractivity contribution in [2.24, 2.45) is 0 Å². The van der Waals surface area contributed by atoms with E-state index in [2.05, 4.69) is 18.2 Å². The maximum Gasteiger partial charge on any atom is 0.337 e. The Kier molecular flexibility index (Phi) is 6.33. The SMILES string of the molecule is COC(=O)c1ccc(OC(C(=O)NS(=O)(=O)c2ccccc2)c2ccc3nsnc3c2)cc1. The second-order valence-corrected chi connectivity index (χ2v) is 9.02. The topological polar surface area (TPSA) is 125 Å². The fourth-order valence-corrected chi connectivity index (χ4v) is 4.53. The quantitative estimate of drug-likeness (QED) is 0.398. The van der Waals surface area contributed by atoms with Crippen molar-refractivity contribution in [3.63, 3.8) is 0 Å². The lowest BCUT2D eigenvalue weighted by atomic mass is 10.1. The number of aromatic nitrogens is 2. The van der Waals surface area contributed by atoms with Crippen LogP contribution in [0.15, 0.2) is 77.7 Å². The average molecular weight is 484 g/mol. The molecule has 9 nitrogen and oxygen atoms in total. The van der Waals surface area contributed by atoms with Gasteiger partial charge in [-0.25, -0.2) is 17.9 Å². The van der Waals surface area contributed by atoms with Gasteiger partial charge in [0.1, 0.15) is 16.8 Å². The zero-order valence-electron chi connectivity index (χ0n) is 17.2. The fourth-order valence-electron chi connectivity index (χ4n) is 3.00. The highest BCUT2D eigenvalue weighted by Crippen LogP contribution is 2.26. The van der Waals surface area contributed by atoms with E-state index in [4.69, 9.17) is 4.74 Å². The van der Waals surface area contributed by atoms with Gasteiger partial charge in [-0.05, 0) is 48.5 Å². The number of esters is 1. The number of rotatable bonds is 7. The standard InChI is InChI=1S/C22H17N3O6S2/c1-30-22(27)14-7-10-16(11-8-14)31-20(15-9-12-18-19(13-15)24-32-23-18)21(26)25-33(28,29)17-5-3-2-4-6-17/h2-13,20H,1H3,(H,25,26). The lowest BCUT2D eigenvalue weighted by molar-refractivity contribution is -0.126. The third-order valence-electron chi connectivity index (χ3n) is 4.64. The zero-order valence-corrected chi connectivity index (χ0v) is 18.8. The van der Waals surface area contributed by atoms with Crippen molar-refractivity contribution >= 4 is 44.7 Å². The first-order valence-electron chi connectivity index (χ1n) is 9.56. The van der Waals surface area contributed by atoms with E-state index in [1.54, 1.807) is 36.4 Å². The minimum atomic E-state index is -4.12. The molecule has 1 unspecified atom stereocenters. The molecule has 0 radical (unpaired) electrons.